The van der Waals surface area contributed by atoms with Gasteiger partial charge in [0.05, 0.1) is 0 Å². The molecule has 0 N–H and O–H groups in total. The van der Waals surface area contributed by atoms with Crippen LogP contribution >= 0.6 is 0 Å². The zero-order valence-electron chi connectivity index (χ0n) is 18.8. The Bertz CT molecular complexity index is 1290. The first-order chi connectivity index (χ1) is 16.4. The summed E-state index contributed by atoms with van der Waals surface area (Å²) < 4.78 is 55.1. The predicted octanol–water partition coefficient (Wildman–Crippen LogP) is 7.48. The van der Waals surface area contributed by atoms with Gasteiger partial charge < -0.3 is 0 Å². The van der Waals surface area contributed by atoms with Crippen LogP contribution in [0.3, 0.4) is 0 Å². The van der Waals surface area contributed by atoms with Crippen LogP contribution in [0.1, 0.15) is 34.4 Å². The zero-order chi connectivity index (χ0) is 24.1. The number of aryl methyl sites for hydroxylation is 5. The summed E-state index contributed by atoms with van der Waals surface area (Å²) >= 11 is 0. The Morgan fingerprint density at radius 3 is 2.12 bits per heavy atom. The molecule has 0 saturated heterocycles. The number of nitrogens with zero attached hydrogens (tertiary/aromatic N) is 1. The predicted molar refractivity (Wildman–Crippen MR) is 128 cm³/mol. The maximum atomic E-state index is 15.1. The molecular formula is C29H25F4N. The molecule has 0 saturated carbocycles. The molecule has 1 aromatic heterocycles. The second-order valence-corrected chi connectivity index (χ2v) is 8.45. The minimum absolute atomic E-state index is 0.202. The van der Waals surface area contributed by atoms with Crippen LogP contribution in [-0.2, 0) is 32.1 Å². The number of hydrogen-bond donors (Lipinski definition) is 0. The Morgan fingerprint density at radius 2 is 1.41 bits per heavy atom. The maximum absolute atomic E-state index is 15.1. The van der Waals surface area contributed by atoms with E-state index in [1.807, 2.05) is 36.5 Å². The van der Waals surface area contributed by atoms with Crippen LogP contribution in [0.4, 0.5) is 17.6 Å². The third-order valence-corrected chi connectivity index (χ3v) is 6.02. The number of halogens is 4. The van der Waals surface area contributed by atoms with Crippen LogP contribution in [0.25, 0.3) is 10.8 Å². The van der Waals surface area contributed by atoms with Crippen LogP contribution in [0, 0.1) is 23.3 Å². The second kappa shape index (κ2) is 10.6. The molecule has 0 aliphatic carbocycles. The van der Waals surface area contributed by atoms with Crippen molar-refractivity contribution in [2.75, 3.05) is 0 Å². The lowest BCUT2D eigenvalue weighted by Gasteiger charge is -2.09. The molecule has 4 rings (SSSR count). The molecule has 3 aromatic carbocycles. The van der Waals surface area contributed by atoms with Crippen molar-refractivity contribution in [1.82, 2.24) is 4.98 Å². The van der Waals surface area contributed by atoms with Gasteiger partial charge in [-0.3, -0.25) is 4.98 Å². The van der Waals surface area contributed by atoms with Crippen molar-refractivity contribution in [3.63, 3.8) is 0 Å². The van der Waals surface area contributed by atoms with Gasteiger partial charge in [-0.1, -0.05) is 42.5 Å². The van der Waals surface area contributed by atoms with Crippen molar-refractivity contribution in [3.8, 4) is 0 Å². The lowest BCUT2D eigenvalue weighted by molar-refractivity contribution is 0.445. The molecule has 34 heavy (non-hydrogen) atoms. The van der Waals surface area contributed by atoms with Crippen molar-refractivity contribution >= 4 is 10.8 Å². The van der Waals surface area contributed by atoms with Gasteiger partial charge in [-0.2, -0.15) is 0 Å². The van der Waals surface area contributed by atoms with Gasteiger partial charge in [0.25, 0.3) is 0 Å². The number of allylic oxidation sites excluding steroid dienone is 1. The summed E-state index contributed by atoms with van der Waals surface area (Å²) in [5.74, 6) is -4.31. The fraction of sp³-hybridized carbons (Fsp3) is 0.207. The van der Waals surface area contributed by atoms with E-state index in [0.29, 0.717) is 10.9 Å². The number of benzene rings is 3. The van der Waals surface area contributed by atoms with Gasteiger partial charge in [0.1, 0.15) is 5.82 Å². The minimum Gasteiger partial charge on any atom is -0.261 e. The lowest BCUT2D eigenvalue weighted by Crippen LogP contribution is -2.00. The topological polar surface area (TPSA) is 12.9 Å². The van der Waals surface area contributed by atoms with Crippen molar-refractivity contribution in [2.45, 2.75) is 38.5 Å². The molecule has 1 nitrogen and oxygen atoms in total. The molecule has 0 fully saturated rings. The maximum Gasteiger partial charge on any atom is 0.194 e. The van der Waals surface area contributed by atoms with E-state index < -0.39 is 17.5 Å². The minimum atomic E-state index is -1.49. The van der Waals surface area contributed by atoms with E-state index in [2.05, 4.69) is 17.6 Å². The van der Waals surface area contributed by atoms with E-state index in [9.17, 15) is 13.2 Å². The van der Waals surface area contributed by atoms with E-state index in [1.54, 1.807) is 12.1 Å². The van der Waals surface area contributed by atoms with Gasteiger partial charge in [-0.25, -0.2) is 17.6 Å². The Morgan fingerprint density at radius 1 is 0.676 bits per heavy atom. The van der Waals surface area contributed by atoms with E-state index in [0.717, 1.165) is 54.5 Å². The summed E-state index contributed by atoms with van der Waals surface area (Å²) in [7, 11) is 0. The number of rotatable bonds is 9. The molecule has 0 atom stereocenters. The summed E-state index contributed by atoms with van der Waals surface area (Å²) in [6.45, 7) is 3.74. The molecule has 0 unspecified atom stereocenters. The van der Waals surface area contributed by atoms with Crippen LogP contribution in [-0.4, -0.2) is 4.98 Å². The van der Waals surface area contributed by atoms with Crippen molar-refractivity contribution < 1.29 is 17.6 Å². The highest BCUT2D eigenvalue weighted by Gasteiger charge is 2.13. The highest BCUT2D eigenvalue weighted by atomic mass is 19.2. The summed E-state index contributed by atoms with van der Waals surface area (Å²) in [6.07, 6.45) is 7.71. The van der Waals surface area contributed by atoms with E-state index in [1.165, 1.54) is 5.56 Å². The fourth-order valence-electron chi connectivity index (χ4n) is 4.06. The van der Waals surface area contributed by atoms with Gasteiger partial charge in [0.2, 0.25) is 0 Å². The number of pyridine rings is 1. The molecular weight excluding hydrogens is 438 g/mol. The SMILES string of the molecule is C=CCCc1ccc(CCc2ccc3c(F)c(CCc4cc(F)c(F)c(F)c4)ccc3c2)nc1. The van der Waals surface area contributed by atoms with Gasteiger partial charge in [0.15, 0.2) is 17.5 Å². The molecule has 0 radical (unpaired) electrons. The first kappa shape index (κ1) is 23.7. The van der Waals surface area contributed by atoms with Crippen LogP contribution < -0.4 is 0 Å². The summed E-state index contributed by atoms with van der Waals surface area (Å²) in [5.41, 5.74) is 4.03. The van der Waals surface area contributed by atoms with E-state index in [-0.39, 0.29) is 24.2 Å². The van der Waals surface area contributed by atoms with Gasteiger partial charge in [0, 0.05) is 17.3 Å². The normalized spacial score (nSPS) is 11.2. The highest BCUT2D eigenvalue weighted by Crippen LogP contribution is 2.25. The van der Waals surface area contributed by atoms with E-state index in [4.69, 9.17) is 0 Å². The Hall–Kier alpha value is -3.47. The molecule has 5 heteroatoms. The monoisotopic (exact) mass is 463 g/mol. The first-order valence-electron chi connectivity index (χ1n) is 11.3. The quantitative estimate of drug-likeness (QED) is 0.142. The molecule has 0 spiro atoms. The third kappa shape index (κ3) is 5.53. The molecule has 174 valence electrons. The van der Waals surface area contributed by atoms with Crippen molar-refractivity contribution in [2.24, 2.45) is 0 Å². The second-order valence-electron chi connectivity index (χ2n) is 8.45. The summed E-state index contributed by atoms with van der Waals surface area (Å²) in [5, 5.41) is 1.30. The fourth-order valence-corrected chi connectivity index (χ4v) is 4.06. The Labute approximate surface area is 196 Å². The third-order valence-electron chi connectivity index (χ3n) is 6.02. The highest BCUT2D eigenvalue weighted by molar-refractivity contribution is 5.84. The molecule has 4 aromatic rings. The smallest absolute Gasteiger partial charge is 0.194 e. The average Bonchev–Trinajstić information content (AvgIpc) is 2.85. The average molecular weight is 464 g/mol. The Balaban J connectivity index is 1.42. The van der Waals surface area contributed by atoms with Crippen LogP contribution in [0.15, 0.2) is 73.4 Å². The number of fused-ring (bicyclic) bond motifs is 1. The number of aromatic nitrogens is 1. The van der Waals surface area contributed by atoms with Crippen LogP contribution in [0.2, 0.25) is 0 Å². The molecule has 0 bridgehead atoms. The van der Waals surface area contributed by atoms with E-state index >= 15 is 4.39 Å². The molecule has 0 amide bonds. The Kier molecular flexibility index (Phi) is 7.41. The number of hydrogen-bond acceptors (Lipinski definition) is 1. The van der Waals surface area contributed by atoms with Gasteiger partial charge >= 0.3 is 0 Å². The first-order valence-corrected chi connectivity index (χ1v) is 11.3. The standard InChI is InChI=1S/C29H25F4N/c1-2-3-4-20-7-13-24(34-18-20)12-6-19-8-14-25-23(15-19)11-10-22(28(25)32)9-5-21-16-26(30)29(33)27(31)17-21/h2,7-8,10-11,13-18H,1,3-6,9,12H2. The molecule has 0 aliphatic rings. The molecule has 0 aliphatic heterocycles. The largest absolute Gasteiger partial charge is 0.261 e. The van der Waals surface area contributed by atoms with Crippen molar-refractivity contribution in [3.05, 3.63) is 125 Å². The van der Waals surface area contributed by atoms with Crippen molar-refractivity contribution in [1.29, 1.82) is 0 Å². The summed E-state index contributed by atoms with van der Waals surface area (Å²) in [4.78, 5) is 4.53. The van der Waals surface area contributed by atoms with Gasteiger partial charge in [-0.05, 0) is 84.4 Å². The lowest BCUT2D eigenvalue weighted by atomic mass is 9.97. The van der Waals surface area contributed by atoms with Gasteiger partial charge in [-0.15, -0.1) is 6.58 Å². The summed E-state index contributed by atoms with van der Waals surface area (Å²) in [6, 6.07) is 15.3. The molecule has 1 heterocycles. The zero-order valence-corrected chi connectivity index (χ0v) is 18.8. The van der Waals surface area contributed by atoms with Crippen LogP contribution in [0.5, 0.6) is 0 Å².